The average molecular weight is 317 g/mol. The van der Waals surface area contributed by atoms with Crippen LogP contribution in [0.25, 0.3) is 0 Å². The lowest BCUT2D eigenvalue weighted by atomic mass is 10.00. The van der Waals surface area contributed by atoms with E-state index in [0.29, 0.717) is 6.42 Å². The summed E-state index contributed by atoms with van der Waals surface area (Å²) in [5.41, 5.74) is 1.90. The minimum atomic E-state index is -0.350. The third-order valence-corrected chi connectivity index (χ3v) is 3.94. The lowest BCUT2D eigenvalue weighted by Gasteiger charge is -2.17. The molecule has 0 aliphatic rings. The summed E-state index contributed by atoms with van der Waals surface area (Å²) in [5, 5.41) is 4.39. The molecule has 1 unspecified atom stereocenters. The summed E-state index contributed by atoms with van der Waals surface area (Å²) < 4.78 is 7.98. The maximum absolute atomic E-state index is 12.2. The van der Waals surface area contributed by atoms with Crippen LogP contribution in [0.1, 0.15) is 32.2 Å². The molecule has 5 heteroatoms. The number of carbonyl (C=O) groups is 1. The molecule has 0 spiro atoms. The fourth-order valence-electron chi connectivity index (χ4n) is 2.05. The fraction of sp³-hybridized carbons (Fsp3) is 0.692. The Morgan fingerprint density at radius 3 is 2.50 bits per heavy atom. The largest absolute Gasteiger partial charge is 0.373 e. The number of nitrogens with zero attached hydrogens (tertiary/aromatic N) is 2. The Bertz CT molecular complexity index is 427. The first-order valence-corrected chi connectivity index (χ1v) is 6.97. The minimum Gasteiger partial charge on any atom is -0.373 e. The number of carbonyl (C=O) groups excluding carboxylic acids is 1. The highest BCUT2D eigenvalue weighted by Gasteiger charge is 2.24. The normalized spacial score (nSPS) is 13.1. The summed E-state index contributed by atoms with van der Waals surface area (Å²) in [6.45, 7) is 6.02. The molecule has 1 heterocycles. The monoisotopic (exact) mass is 316 g/mol. The highest BCUT2D eigenvalue weighted by atomic mass is 79.9. The number of halogens is 1. The first kappa shape index (κ1) is 15.4. The van der Waals surface area contributed by atoms with Crippen molar-refractivity contribution in [1.82, 2.24) is 9.78 Å². The van der Waals surface area contributed by atoms with Crippen molar-refractivity contribution in [2.75, 3.05) is 7.11 Å². The number of methoxy groups -OCH3 is 1. The summed E-state index contributed by atoms with van der Waals surface area (Å²) in [5.74, 6) is 0.277. The van der Waals surface area contributed by atoms with Gasteiger partial charge in [-0.15, -0.1) is 0 Å². The molecule has 4 nitrogen and oxygen atoms in total. The Morgan fingerprint density at radius 2 is 2.11 bits per heavy atom. The minimum absolute atomic E-state index is 0.0962. The average Bonchev–Trinajstić information content (AvgIpc) is 2.56. The third kappa shape index (κ3) is 3.20. The van der Waals surface area contributed by atoms with Gasteiger partial charge in [0.15, 0.2) is 5.78 Å². The van der Waals surface area contributed by atoms with Crippen LogP contribution in [-0.2, 0) is 29.4 Å². The summed E-state index contributed by atoms with van der Waals surface area (Å²) >= 11 is 3.52. The Hall–Kier alpha value is -0.680. The topological polar surface area (TPSA) is 44.1 Å². The maximum Gasteiger partial charge on any atom is 0.167 e. The Balaban J connectivity index is 2.91. The van der Waals surface area contributed by atoms with E-state index in [0.717, 1.165) is 22.3 Å². The summed E-state index contributed by atoms with van der Waals surface area (Å²) in [7, 11) is 3.45. The number of rotatable bonds is 6. The van der Waals surface area contributed by atoms with Crippen LogP contribution in [0.3, 0.4) is 0 Å². The van der Waals surface area contributed by atoms with E-state index in [1.807, 2.05) is 27.8 Å². The molecule has 0 saturated carbocycles. The molecule has 0 N–H and O–H groups in total. The van der Waals surface area contributed by atoms with Gasteiger partial charge in [0.05, 0.1) is 22.3 Å². The van der Waals surface area contributed by atoms with E-state index in [9.17, 15) is 4.79 Å². The van der Waals surface area contributed by atoms with Crippen molar-refractivity contribution < 1.29 is 9.53 Å². The van der Waals surface area contributed by atoms with E-state index in [1.165, 1.54) is 0 Å². The second-order valence-corrected chi connectivity index (χ2v) is 5.52. The smallest absolute Gasteiger partial charge is 0.167 e. The van der Waals surface area contributed by atoms with E-state index in [1.54, 1.807) is 11.8 Å². The number of aromatic nitrogens is 2. The number of hydrogen-bond acceptors (Lipinski definition) is 3. The van der Waals surface area contributed by atoms with Gasteiger partial charge in [-0.1, -0.05) is 20.8 Å². The molecule has 18 heavy (non-hydrogen) atoms. The van der Waals surface area contributed by atoms with Crippen LogP contribution in [-0.4, -0.2) is 28.8 Å². The number of hydrogen-bond donors (Lipinski definition) is 0. The van der Waals surface area contributed by atoms with Crippen LogP contribution in [0.4, 0.5) is 0 Å². The van der Waals surface area contributed by atoms with Gasteiger partial charge < -0.3 is 4.74 Å². The number of Topliss-reactive ketones (excluding diaryl/α,β-unsaturated/α-hetero) is 1. The zero-order valence-corrected chi connectivity index (χ0v) is 13.2. The van der Waals surface area contributed by atoms with E-state index >= 15 is 0 Å². The molecule has 0 radical (unpaired) electrons. The van der Waals surface area contributed by atoms with Gasteiger partial charge in [0.1, 0.15) is 6.10 Å². The lowest BCUT2D eigenvalue weighted by Crippen LogP contribution is -2.30. The van der Waals surface area contributed by atoms with Crippen LogP contribution in [0.15, 0.2) is 4.47 Å². The van der Waals surface area contributed by atoms with Crippen molar-refractivity contribution in [3.63, 3.8) is 0 Å². The Morgan fingerprint density at radius 1 is 1.50 bits per heavy atom. The van der Waals surface area contributed by atoms with Crippen LogP contribution >= 0.6 is 15.9 Å². The van der Waals surface area contributed by atoms with Crippen molar-refractivity contribution in [3.8, 4) is 0 Å². The predicted octanol–water partition coefficient (Wildman–Crippen LogP) is 2.53. The second kappa shape index (κ2) is 6.48. The van der Waals surface area contributed by atoms with Gasteiger partial charge in [-0.25, -0.2) is 0 Å². The molecule has 1 aromatic heterocycles. The predicted molar refractivity (Wildman–Crippen MR) is 74.6 cm³/mol. The Labute approximate surface area is 117 Å². The molecule has 0 fully saturated rings. The standard InChI is InChI=1S/C13H21BrN2O2/c1-6-9-12(14)10(16(4)15-9)7-11(17)13(18-5)8(2)3/h8,13H,6-7H2,1-5H3. The molecule has 0 amide bonds. The first-order chi connectivity index (χ1) is 8.42. The van der Waals surface area contributed by atoms with Gasteiger partial charge in [0.2, 0.25) is 0 Å². The van der Waals surface area contributed by atoms with Gasteiger partial charge in [-0.3, -0.25) is 9.48 Å². The zero-order valence-electron chi connectivity index (χ0n) is 11.7. The van der Waals surface area contributed by atoms with Crippen molar-refractivity contribution in [1.29, 1.82) is 0 Å². The van der Waals surface area contributed by atoms with Crippen LogP contribution in [0.5, 0.6) is 0 Å². The highest BCUT2D eigenvalue weighted by molar-refractivity contribution is 9.10. The van der Waals surface area contributed by atoms with Crippen LogP contribution in [0.2, 0.25) is 0 Å². The fourth-order valence-corrected chi connectivity index (χ4v) is 2.81. The maximum atomic E-state index is 12.2. The van der Waals surface area contributed by atoms with Gasteiger partial charge in [-0.2, -0.15) is 5.10 Å². The van der Waals surface area contributed by atoms with Gasteiger partial charge in [-0.05, 0) is 28.3 Å². The molecule has 1 rings (SSSR count). The molecule has 0 aromatic carbocycles. The van der Waals surface area contributed by atoms with Crippen LogP contribution in [0, 0.1) is 5.92 Å². The molecule has 1 atom stereocenters. The van der Waals surface area contributed by atoms with E-state index < -0.39 is 0 Å². The molecular formula is C13H21BrN2O2. The van der Waals surface area contributed by atoms with Crippen molar-refractivity contribution in [2.45, 2.75) is 39.7 Å². The van der Waals surface area contributed by atoms with Gasteiger partial charge in [0.25, 0.3) is 0 Å². The summed E-state index contributed by atoms with van der Waals surface area (Å²) in [6.07, 6.45) is 0.846. The van der Waals surface area contributed by atoms with Crippen molar-refractivity contribution in [2.24, 2.45) is 13.0 Å². The molecule has 0 aliphatic carbocycles. The quantitative estimate of drug-likeness (QED) is 0.810. The third-order valence-electron chi connectivity index (χ3n) is 3.02. The Kier molecular flexibility index (Phi) is 5.53. The molecular weight excluding hydrogens is 296 g/mol. The van der Waals surface area contributed by atoms with Crippen LogP contribution < -0.4 is 0 Å². The van der Waals surface area contributed by atoms with Gasteiger partial charge in [0, 0.05) is 14.2 Å². The van der Waals surface area contributed by atoms with E-state index in [-0.39, 0.29) is 17.8 Å². The highest BCUT2D eigenvalue weighted by Crippen LogP contribution is 2.23. The first-order valence-electron chi connectivity index (χ1n) is 6.18. The summed E-state index contributed by atoms with van der Waals surface area (Å²) in [4.78, 5) is 12.2. The molecule has 1 aromatic rings. The number of ketones is 1. The molecule has 102 valence electrons. The zero-order chi connectivity index (χ0) is 13.9. The SMILES string of the molecule is CCc1nn(C)c(CC(=O)C(OC)C(C)C)c1Br. The summed E-state index contributed by atoms with van der Waals surface area (Å²) in [6, 6.07) is 0. The number of aryl methyl sites for hydroxylation is 2. The van der Waals surface area contributed by atoms with Gasteiger partial charge >= 0.3 is 0 Å². The molecule has 0 saturated heterocycles. The van der Waals surface area contributed by atoms with E-state index in [2.05, 4.69) is 21.0 Å². The number of ether oxygens (including phenoxy) is 1. The van der Waals surface area contributed by atoms with Crippen molar-refractivity contribution in [3.05, 3.63) is 15.9 Å². The second-order valence-electron chi connectivity index (χ2n) is 4.73. The molecule has 0 aliphatic heterocycles. The molecule has 0 bridgehead atoms. The van der Waals surface area contributed by atoms with E-state index in [4.69, 9.17) is 4.74 Å². The van der Waals surface area contributed by atoms with Crippen molar-refractivity contribution >= 4 is 21.7 Å². The lowest BCUT2D eigenvalue weighted by molar-refractivity contribution is -0.130.